The minimum Gasteiger partial charge on any atom is -0.496 e. The number of nitrogens with one attached hydrogen (secondary N) is 1. The van der Waals surface area contributed by atoms with Crippen LogP contribution in [-0.2, 0) is 11.4 Å². The summed E-state index contributed by atoms with van der Waals surface area (Å²) < 4.78 is 18.4. The molecule has 120 valence electrons. The molecule has 0 radical (unpaired) electrons. The molecule has 1 aliphatic carbocycles. The second kappa shape index (κ2) is 6.38. The summed E-state index contributed by atoms with van der Waals surface area (Å²) >= 11 is 0. The van der Waals surface area contributed by atoms with Crippen LogP contribution in [0.2, 0.25) is 0 Å². The number of aliphatic hydroxyl groups excluding tert-OH is 1. The van der Waals surface area contributed by atoms with Crippen LogP contribution in [0.5, 0.6) is 5.75 Å². The zero-order valence-corrected chi connectivity index (χ0v) is 12.8. The third-order valence-electron chi connectivity index (χ3n) is 4.12. The predicted molar refractivity (Wildman–Crippen MR) is 84.8 cm³/mol. The first-order chi connectivity index (χ1) is 11.1. The molecule has 2 aromatic carbocycles. The first-order valence-electron chi connectivity index (χ1n) is 7.46. The van der Waals surface area contributed by atoms with Crippen LogP contribution in [0.1, 0.15) is 23.5 Å². The van der Waals surface area contributed by atoms with E-state index >= 15 is 0 Å². The number of anilines is 1. The van der Waals surface area contributed by atoms with E-state index in [1.165, 1.54) is 19.2 Å². The van der Waals surface area contributed by atoms with Crippen LogP contribution in [0.3, 0.4) is 0 Å². The Bertz CT molecular complexity index is 732. The predicted octanol–water partition coefficient (Wildman–Crippen LogP) is 3.07. The van der Waals surface area contributed by atoms with E-state index in [4.69, 9.17) is 4.74 Å². The molecule has 1 aliphatic rings. The molecular weight excluding hydrogens is 297 g/mol. The maximum absolute atomic E-state index is 13.2. The Morgan fingerprint density at radius 2 is 2.17 bits per heavy atom. The van der Waals surface area contributed by atoms with Gasteiger partial charge in [0.1, 0.15) is 11.6 Å². The van der Waals surface area contributed by atoms with Crippen molar-refractivity contribution in [1.29, 1.82) is 0 Å². The van der Waals surface area contributed by atoms with Gasteiger partial charge in [-0.3, -0.25) is 4.79 Å². The van der Waals surface area contributed by atoms with E-state index < -0.39 is 0 Å². The van der Waals surface area contributed by atoms with Crippen LogP contribution in [0.15, 0.2) is 42.5 Å². The molecule has 0 saturated heterocycles. The van der Waals surface area contributed by atoms with Crippen LogP contribution in [-0.4, -0.2) is 18.1 Å². The molecule has 2 atom stereocenters. The number of amides is 1. The van der Waals surface area contributed by atoms with Gasteiger partial charge in [0, 0.05) is 17.2 Å². The first kappa shape index (κ1) is 15.5. The SMILES string of the molecule is COc1ccc(NC(=O)C2CC2c2cccc(F)c2)cc1CO. The second-order valence-electron chi connectivity index (χ2n) is 5.68. The molecule has 2 N–H and O–H groups in total. The largest absolute Gasteiger partial charge is 0.496 e. The standard InChI is InChI=1S/C18H18FNO3/c1-23-17-6-5-14(8-12(17)10-21)20-18(22)16-9-15(16)11-3-2-4-13(19)7-11/h2-8,15-16,21H,9-10H2,1H3,(H,20,22). The van der Waals surface area contributed by atoms with Crippen LogP contribution in [0.25, 0.3) is 0 Å². The molecule has 23 heavy (non-hydrogen) atoms. The van der Waals surface area contributed by atoms with Crippen molar-refractivity contribution < 1.29 is 19.0 Å². The van der Waals surface area contributed by atoms with Gasteiger partial charge in [-0.15, -0.1) is 0 Å². The van der Waals surface area contributed by atoms with Gasteiger partial charge in [-0.05, 0) is 48.2 Å². The minimum atomic E-state index is -0.281. The highest BCUT2D eigenvalue weighted by Gasteiger charge is 2.44. The third-order valence-corrected chi connectivity index (χ3v) is 4.12. The van der Waals surface area contributed by atoms with Crippen LogP contribution in [0, 0.1) is 11.7 Å². The van der Waals surface area contributed by atoms with E-state index in [2.05, 4.69) is 5.32 Å². The van der Waals surface area contributed by atoms with E-state index in [0.29, 0.717) is 17.0 Å². The lowest BCUT2D eigenvalue weighted by molar-refractivity contribution is -0.117. The van der Waals surface area contributed by atoms with E-state index in [9.17, 15) is 14.3 Å². The van der Waals surface area contributed by atoms with Crippen molar-refractivity contribution in [3.05, 3.63) is 59.4 Å². The van der Waals surface area contributed by atoms with E-state index in [1.54, 1.807) is 24.3 Å². The molecule has 2 unspecified atom stereocenters. The fourth-order valence-corrected chi connectivity index (χ4v) is 2.81. The Hall–Kier alpha value is -2.40. The van der Waals surface area contributed by atoms with Gasteiger partial charge >= 0.3 is 0 Å². The van der Waals surface area contributed by atoms with E-state index in [1.807, 2.05) is 6.07 Å². The van der Waals surface area contributed by atoms with Gasteiger partial charge in [0.05, 0.1) is 13.7 Å². The molecule has 0 spiro atoms. The van der Waals surface area contributed by atoms with Crippen molar-refractivity contribution in [3.8, 4) is 5.75 Å². The summed E-state index contributed by atoms with van der Waals surface area (Å²) in [5.41, 5.74) is 2.09. The van der Waals surface area contributed by atoms with Crippen molar-refractivity contribution in [2.45, 2.75) is 18.9 Å². The van der Waals surface area contributed by atoms with Gasteiger partial charge in [-0.2, -0.15) is 0 Å². The second-order valence-corrected chi connectivity index (χ2v) is 5.68. The summed E-state index contributed by atoms with van der Waals surface area (Å²) in [5, 5.41) is 12.2. The van der Waals surface area contributed by atoms with Crippen molar-refractivity contribution in [2.24, 2.45) is 5.92 Å². The lowest BCUT2D eigenvalue weighted by Gasteiger charge is -2.10. The van der Waals surface area contributed by atoms with Crippen LogP contribution >= 0.6 is 0 Å². The number of rotatable bonds is 5. The Morgan fingerprint density at radius 1 is 1.35 bits per heavy atom. The molecule has 3 rings (SSSR count). The summed E-state index contributed by atoms with van der Waals surface area (Å²) in [7, 11) is 1.53. The number of halogens is 1. The lowest BCUT2D eigenvalue weighted by Crippen LogP contribution is -2.14. The molecule has 0 aromatic heterocycles. The van der Waals surface area contributed by atoms with Gasteiger partial charge in [0.2, 0.25) is 5.91 Å². The Morgan fingerprint density at radius 3 is 2.87 bits per heavy atom. The number of carbonyl (C=O) groups is 1. The normalized spacial score (nSPS) is 19.3. The number of aliphatic hydroxyl groups is 1. The van der Waals surface area contributed by atoms with Crippen molar-refractivity contribution in [3.63, 3.8) is 0 Å². The minimum absolute atomic E-state index is 0.0706. The molecule has 4 nitrogen and oxygen atoms in total. The average molecular weight is 315 g/mol. The monoisotopic (exact) mass is 315 g/mol. The highest BCUT2D eigenvalue weighted by Crippen LogP contribution is 2.48. The Balaban J connectivity index is 1.67. The molecule has 1 fully saturated rings. The number of carbonyl (C=O) groups excluding carboxylic acids is 1. The van der Waals surface area contributed by atoms with Gasteiger partial charge < -0.3 is 15.2 Å². The fourth-order valence-electron chi connectivity index (χ4n) is 2.81. The fraction of sp³-hybridized carbons (Fsp3) is 0.278. The first-order valence-corrected chi connectivity index (χ1v) is 7.46. The summed E-state index contributed by atoms with van der Waals surface area (Å²) in [5.74, 6) is 0.136. The average Bonchev–Trinajstić information content (AvgIpc) is 3.35. The molecule has 5 heteroatoms. The maximum Gasteiger partial charge on any atom is 0.228 e. The summed E-state index contributed by atoms with van der Waals surface area (Å²) in [6.07, 6.45) is 0.721. The molecule has 2 aromatic rings. The highest BCUT2D eigenvalue weighted by molar-refractivity contribution is 5.95. The van der Waals surface area contributed by atoms with Gasteiger partial charge in [0.25, 0.3) is 0 Å². The Labute approximate surface area is 133 Å². The number of benzene rings is 2. The number of methoxy groups -OCH3 is 1. The molecular formula is C18H18FNO3. The molecule has 0 aliphatic heterocycles. The third kappa shape index (κ3) is 3.35. The van der Waals surface area contributed by atoms with Gasteiger partial charge in [-0.25, -0.2) is 4.39 Å². The number of hydrogen-bond donors (Lipinski definition) is 2. The summed E-state index contributed by atoms with van der Waals surface area (Å²) in [6, 6.07) is 11.5. The quantitative estimate of drug-likeness (QED) is 0.891. The zero-order valence-electron chi connectivity index (χ0n) is 12.8. The van der Waals surface area contributed by atoms with Gasteiger partial charge in [-0.1, -0.05) is 12.1 Å². The number of ether oxygens (including phenoxy) is 1. The lowest BCUT2D eigenvalue weighted by atomic mass is 10.1. The van der Waals surface area contributed by atoms with Crippen molar-refractivity contribution in [2.75, 3.05) is 12.4 Å². The molecule has 0 bridgehead atoms. The molecule has 1 amide bonds. The maximum atomic E-state index is 13.2. The van der Waals surface area contributed by atoms with E-state index in [-0.39, 0.29) is 30.2 Å². The molecule has 1 saturated carbocycles. The van der Waals surface area contributed by atoms with Gasteiger partial charge in [0.15, 0.2) is 0 Å². The highest BCUT2D eigenvalue weighted by atomic mass is 19.1. The molecule has 0 heterocycles. The van der Waals surface area contributed by atoms with Crippen LogP contribution < -0.4 is 10.1 Å². The van der Waals surface area contributed by atoms with Crippen LogP contribution in [0.4, 0.5) is 10.1 Å². The van der Waals surface area contributed by atoms with E-state index in [0.717, 1.165) is 12.0 Å². The van der Waals surface area contributed by atoms with Crippen molar-refractivity contribution >= 4 is 11.6 Å². The zero-order chi connectivity index (χ0) is 16.4. The summed E-state index contributed by atoms with van der Waals surface area (Å²) in [6.45, 7) is -0.164. The topological polar surface area (TPSA) is 58.6 Å². The smallest absolute Gasteiger partial charge is 0.228 e. The summed E-state index contributed by atoms with van der Waals surface area (Å²) in [4.78, 5) is 12.3. The number of hydrogen-bond acceptors (Lipinski definition) is 3. The van der Waals surface area contributed by atoms with Crippen molar-refractivity contribution in [1.82, 2.24) is 0 Å². The Kier molecular flexibility index (Phi) is 4.30.